The van der Waals surface area contributed by atoms with E-state index in [1.165, 1.54) is 0 Å². The van der Waals surface area contributed by atoms with Crippen LogP contribution in [0.4, 0.5) is 0 Å². The number of hydrogen-bond acceptors (Lipinski definition) is 5. The Bertz CT molecular complexity index is 1240. The van der Waals surface area contributed by atoms with Crippen molar-refractivity contribution in [2.75, 3.05) is 0 Å². The van der Waals surface area contributed by atoms with E-state index in [1.807, 2.05) is 19.1 Å². The van der Waals surface area contributed by atoms with Crippen molar-refractivity contribution < 1.29 is 9.47 Å². The van der Waals surface area contributed by atoms with Gasteiger partial charge in [0.2, 0.25) is 11.8 Å². The highest BCUT2D eigenvalue weighted by Gasteiger charge is 2.36. The van der Waals surface area contributed by atoms with Crippen LogP contribution in [0.1, 0.15) is 45.0 Å². The van der Waals surface area contributed by atoms with E-state index in [0.717, 1.165) is 44.8 Å². The summed E-state index contributed by atoms with van der Waals surface area (Å²) in [4.78, 5) is 0. The molecule has 0 unspecified atom stereocenters. The fraction of sp³-hybridized carbons (Fsp3) is 0.250. The highest BCUT2D eigenvalue weighted by Crippen LogP contribution is 2.45. The zero-order valence-electron chi connectivity index (χ0n) is 17.8. The molecule has 4 rings (SSSR count). The number of hydrogen-bond donors (Lipinski definition) is 2. The van der Waals surface area contributed by atoms with Gasteiger partial charge in [-0.3, -0.25) is 5.10 Å². The topological polar surface area (TPSA) is 97.0 Å². The number of nitrogens with two attached hydrogens (primary N) is 1. The van der Waals surface area contributed by atoms with E-state index in [9.17, 15) is 5.26 Å². The Morgan fingerprint density at radius 2 is 1.87 bits per heavy atom. The lowest BCUT2D eigenvalue weighted by Gasteiger charge is -2.28. The second-order valence-corrected chi connectivity index (χ2v) is 8.20. The highest BCUT2D eigenvalue weighted by atomic mass is 35.5. The van der Waals surface area contributed by atoms with Gasteiger partial charge in [0.25, 0.3) is 0 Å². The van der Waals surface area contributed by atoms with E-state index in [-0.39, 0.29) is 11.8 Å². The maximum absolute atomic E-state index is 9.89. The summed E-state index contributed by atoms with van der Waals surface area (Å²) in [6.07, 6.45) is 0. The van der Waals surface area contributed by atoms with Crippen molar-refractivity contribution in [2.45, 2.75) is 40.2 Å². The van der Waals surface area contributed by atoms with Crippen LogP contribution in [-0.4, -0.2) is 10.2 Å². The fourth-order valence-corrected chi connectivity index (χ4v) is 4.41. The molecule has 0 saturated heterocycles. The monoisotopic (exact) mass is 434 g/mol. The Kier molecular flexibility index (Phi) is 5.38. The first kappa shape index (κ1) is 20.8. The van der Waals surface area contributed by atoms with E-state index in [1.54, 1.807) is 12.1 Å². The number of allylic oxidation sites excluding steroid dienone is 1. The Morgan fingerprint density at radius 3 is 2.55 bits per heavy atom. The van der Waals surface area contributed by atoms with Crippen LogP contribution in [0.5, 0.6) is 11.6 Å². The molecule has 2 aromatic carbocycles. The predicted octanol–water partition coefficient (Wildman–Crippen LogP) is 5.09. The third-order valence-electron chi connectivity index (χ3n) is 5.81. The summed E-state index contributed by atoms with van der Waals surface area (Å²) in [6.45, 7) is 8.50. The summed E-state index contributed by atoms with van der Waals surface area (Å²) in [5.41, 5.74) is 13.5. The number of aromatic amines is 1. The van der Waals surface area contributed by atoms with E-state index in [0.29, 0.717) is 23.1 Å². The zero-order valence-corrected chi connectivity index (χ0v) is 18.6. The lowest BCUT2D eigenvalue weighted by Crippen LogP contribution is -2.22. The molecule has 158 valence electrons. The standard InChI is InChI=1S/C24H23ClN4O2/c1-12-9-13(2)20(14(3)19(12)11-30-17-7-5-16(25)6-8-17)22-18(10-26)23(27)31-24-21(22)15(4)28-29-24/h5-9,22H,11,27H2,1-4H3,(H,28,29)/t22-/m0/s1. The summed E-state index contributed by atoms with van der Waals surface area (Å²) in [5.74, 6) is 0.885. The van der Waals surface area contributed by atoms with Crippen LogP contribution in [0, 0.1) is 39.0 Å². The van der Waals surface area contributed by atoms with Crippen LogP contribution in [0.3, 0.4) is 0 Å². The molecule has 0 saturated carbocycles. The molecule has 1 atom stereocenters. The number of nitriles is 1. The third-order valence-corrected chi connectivity index (χ3v) is 6.06. The summed E-state index contributed by atoms with van der Waals surface area (Å²) in [5, 5.41) is 17.7. The molecule has 2 heterocycles. The van der Waals surface area contributed by atoms with Gasteiger partial charge in [0, 0.05) is 16.3 Å². The van der Waals surface area contributed by atoms with Crippen LogP contribution in [-0.2, 0) is 6.61 Å². The van der Waals surface area contributed by atoms with Crippen LogP contribution >= 0.6 is 11.6 Å². The molecule has 3 aromatic rings. The van der Waals surface area contributed by atoms with Gasteiger partial charge in [0.1, 0.15) is 24.0 Å². The van der Waals surface area contributed by atoms with Crippen molar-refractivity contribution in [1.29, 1.82) is 5.26 Å². The minimum Gasteiger partial charge on any atom is -0.489 e. The maximum Gasteiger partial charge on any atom is 0.244 e. The van der Waals surface area contributed by atoms with E-state index in [2.05, 4.69) is 43.1 Å². The number of fused-ring (bicyclic) bond motifs is 1. The van der Waals surface area contributed by atoms with Crippen LogP contribution in [0.15, 0.2) is 41.8 Å². The van der Waals surface area contributed by atoms with E-state index < -0.39 is 0 Å². The Labute approximate surface area is 186 Å². The number of nitrogens with one attached hydrogen (secondary N) is 1. The number of benzene rings is 2. The highest BCUT2D eigenvalue weighted by molar-refractivity contribution is 6.30. The Morgan fingerprint density at radius 1 is 1.16 bits per heavy atom. The van der Waals surface area contributed by atoms with Gasteiger partial charge < -0.3 is 15.2 Å². The van der Waals surface area contributed by atoms with Crippen molar-refractivity contribution in [3.05, 3.63) is 85.9 Å². The fourth-order valence-electron chi connectivity index (χ4n) is 4.28. The summed E-state index contributed by atoms with van der Waals surface area (Å²) < 4.78 is 11.7. The summed E-state index contributed by atoms with van der Waals surface area (Å²) in [6, 6.07) is 11.7. The zero-order chi connectivity index (χ0) is 22.3. The molecule has 0 aliphatic carbocycles. The first-order chi connectivity index (χ1) is 14.8. The second-order valence-electron chi connectivity index (χ2n) is 7.76. The molecule has 0 amide bonds. The molecular weight excluding hydrogens is 412 g/mol. The van der Waals surface area contributed by atoms with Gasteiger partial charge in [-0.2, -0.15) is 5.26 Å². The molecule has 0 spiro atoms. The maximum atomic E-state index is 9.89. The second kappa shape index (κ2) is 8.01. The van der Waals surface area contributed by atoms with Gasteiger partial charge in [-0.05, 0) is 79.8 Å². The SMILES string of the molecule is Cc1cc(C)c([C@@H]2C(C#N)=C(N)Oc3n[nH]c(C)c32)c(C)c1COc1ccc(Cl)cc1. The minimum atomic E-state index is -0.359. The molecule has 1 aliphatic heterocycles. The first-order valence-corrected chi connectivity index (χ1v) is 10.3. The number of rotatable bonds is 4. The van der Waals surface area contributed by atoms with Crippen LogP contribution in [0.2, 0.25) is 5.02 Å². The predicted molar refractivity (Wildman–Crippen MR) is 119 cm³/mol. The lowest BCUT2D eigenvalue weighted by atomic mass is 9.78. The number of H-pyrrole nitrogens is 1. The summed E-state index contributed by atoms with van der Waals surface area (Å²) >= 11 is 5.97. The molecule has 31 heavy (non-hydrogen) atoms. The molecule has 0 bridgehead atoms. The molecule has 3 N–H and O–H groups in total. The largest absolute Gasteiger partial charge is 0.489 e. The van der Waals surface area contributed by atoms with Crippen LogP contribution < -0.4 is 15.2 Å². The lowest BCUT2D eigenvalue weighted by molar-refractivity contribution is 0.304. The average molecular weight is 435 g/mol. The molecule has 1 aromatic heterocycles. The number of aromatic nitrogens is 2. The van der Waals surface area contributed by atoms with Gasteiger partial charge in [0.05, 0.1) is 5.92 Å². The average Bonchev–Trinajstić information content (AvgIpc) is 3.09. The van der Waals surface area contributed by atoms with Crippen molar-refractivity contribution in [2.24, 2.45) is 5.73 Å². The van der Waals surface area contributed by atoms with Gasteiger partial charge in [-0.25, -0.2) is 0 Å². The smallest absolute Gasteiger partial charge is 0.244 e. The van der Waals surface area contributed by atoms with Crippen molar-refractivity contribution in [3.8, 4) is 17.7 Å². The number of ether oxygens (including phenoxy) is 2. The van der Waals surface area contributed by atoms with E-state index >= 15 is 0 Å². The first-order valence-electron chi connectivity index (χ1n) is 9.92. The molecule has 0 radical (unpaired) electrons. The Hall–Kier alpha value is -3.43. The van der Waals surface area contributed by atoms with Gasteiger partial charge in [-0.15, -0.1) is 5.10 Å². The van der Waals surface area contributed by atoms with Crippen LogP contribution in [0.25, 0.3) is 0 Å². The van der Waals surface area contributed by atoms with Gasteiger partial charge in [0.15, 0.2) is 0 Å². The molecular formula is C24H23ClN4O2. The van der Waals surface area contributed by atoms with E-state index in [4.69, 9.17) is 26.8 Å². The van der Waals surface area contributed by atoms with Crippen molar-refractivity contribution >= 4 is 11.6 Å². The van der Waals surface area contributed by atoms with Gasteiger partial charge in [-0.1, -0.05) is 17.7 Å². The molecule has 1 aliphatic rings. The quantitative estimate of drug-likeness (QED) is 0.595. The number of halogens is 1. The third kappa shape index (κ3) is 3.62. The Balaban J connectivity index is 1.82. The minimum absolute atomic E-state index is 0.0878. The molecule has 0 fully saturated rings. The normalized spacial score (nSPS) is 15.3. The molecule has 7 heteroatoms. The number of nitrogens with zero attached hydrogens (tertiary/aromatic N) is 2. The summed E-state index contributed by atoms with van der Waals surface area (Å²) in [7, 11) is 0. The number of aryl methyl sites for hydroxylation is 3. The van der Waals surface area contributed by atoms with Crippen molar-refractivity contribution in [1.82, 2.24) is 10.2 Å². The van der Waals surface area contributed by atoms with Gasteiger partial charge >= 0.3 is 0 Å². The van der Waals surface area contributed by atoms with Crippen molar-refractivity contribution in [3.63, 3.8) is 0 Å². The molecule has 6 nitrogen and oxygen atoms in total.